The lowest BCUT2D eigenvalue weighted by Crippen LogP contribution is -2.75. The Morgan fingerprint density at radius 3 is 2.14 bits per heavy atom. The Bertz CT molecular complexity index is 1430. The van der Waals surface area contributed by atoms with Crippen LogP contribution in [0.2, 0.25) is 0 Å². The van der Waals surface area contributed by atoms with Gasteiger partial charge in [-0.25, -0.2) is 0 Å². The zero-order valence-electron chi connectivity index (χ0n) is 27.6. The second-order valence-electron chi connectivity index (χ2n) is 16.2. The standard InChI is InChI=1S/C38H50O5/c1-23(2)14-13-15-24(3)18-19-36-21-26-20-27-33(4,5)28(35(8,9)43)22-37(27,30(36)40)32(42)38(31(36)41,34(26,6)7)29(39)25-16-11-10-12-17-25/h10-12,14,16-18,26-28,43H,13,15,19-22H2,1-9H3/t26-,27+,28-,36-,37+,38-/m1/s1. The van der Waals surface area contributed by atoms with Crippen LogP contribution in [0.5, 0.6) is 0 Å². The molecule has 0 aromatic heterocycles. The summed E-state index contributed by atoms with van der Waals surface area (Å²) in [5.41, 5.74) is -4.92. The molecule has 232 valence electrons. The Balaban J connectivity index is 1.78. The van der Waals surface area contributed by atoms with E-state index in [-0.39, 0.29) is 36.4 Å². The average molecular weight is 587 g/mol. The number of aliphatic hydroxyl groups is 1. The number of carbonyl (C=O) groups is 4. The molecule has 0 saturated heterocycles. The molecule has 6 atom stereocenters. The molecule has 0 unspecified atom stereocenters. The molecule has 0 aliphatic heterocycles. The predicted octanol–water partition coefficient (Wildman–Crippen LogP) is 7.52. The summed E-state index contributed by atoms with van der Waals surface area (Å²) in [6.45, 7) is 17.7. The first kappa shape index (κ1) is 31.8. The molecule has 0 amide bonds. The number of hydrogen-bond donors (Lipinski definition) is 1. The fraction of sp³-hybridized carbons (Fsp3) is 0.632. The number of ketones is 4. The van der Waals surface area contributed by atoms with E-state index in [4.69, 9.17) is 0 Å². The molecule has 5 aliphatic rings. The van der Waals surface area contributed by atoms with E-state index < -0.39 is 50.0 Å². The first-order valence-electron chi connectivity index (χ1n) is 16.1. The third kappa shape index (κ3) is 4.05. The molecule has 0 radical (unpaired) electrons. The van der Waals surface area contributed by atoms with Gasteiger partial charge in [0, 0.05) is 5.56 Å². The molecule has 0 heterocycles. The van der Waals surface area contributed by atoms with Gasteiger partial charge in [0.1, 0.15) is 0 Å². The highest BCUT2D eigenvalue weighted by Crippen LogP contribution is 2.77. The van der Waals surface area contributed by atoms with Gasteiger partial charge < -0.3 is 5.11 Å². The van der Waals surface area contributed by atoms with Gasteiger partial charge in [-0.05, 0) is 102 Å². The van der Waals surface area contributed by atoms with Crippen molar-refractivity contribution in [1.29, 1.82) is 0 Å². The van der Waals surface area contributed by atoms with Crippen LogP contribution in [0.1, 0.15) is 111 Å². The quantitative estimate of drug-likeness (QED) is 0.193. The summed E-state index contributed by atoms with van der Waals surface area (Å²) >= 11 is 0. The van der Waals surface area contributed by atoms with E-state index in [0.29, 0.717) is 18.4 Å². The molecule has 5 nitrogen and oxygen atoms in total. The molecule has 1 aromatic rings. The summed E-state index contributed by atoms with van der Waals surface area (Å²) in [6, 6.07) is 8.69. The van der Waals surface area contributed by atoms with Gasteiger partial charge in [-0.2, -0.15) is 0 Å². The Kier molecular flexibility index (Phi) is 7.33. The number of rotatable bonds is 8. The van der Waals surface area contributed by atoms with Crippen molar-refractivity contribution in [2.75, 3.05) is 0 Å². The minimum Gasteiger partial charge on any atom is -0.390 e. The molecule has 1 aromatic carbocycles. The molecule has 5 fully saturated rings. The van der Waals surface area contributed by atoms with Gasteiger partial charge in [-0.15, -0.1) is 0 Å². The lowest BCUT2D eigenvalue weighted by molar-refractivity contribution is -0.181. The Hall–Kier alpha value is -2.66. The summed E-state index contributed by atoms with van der Waals surface area (Å²) in [5.74, 6) is -2.67. The number of Topliss-reactive ketones (excluding diaryl/α,β-unsaturated/α-hetero) is 4. The third-order valence-electron chi connectivity index (χ3n) is 12.5. The fourth-order valence-electron chi connectivity index (χ4n) is 10.2. The number of benzene rings is 1. The summed E-state index contributed by atoms with van der Waals surface area (Å²) in [7, 11) is 0. The van der Waals surface area contributed by atoms with Crippen molar-refractivity contribution in [2.45, 2.75) is 106 Å². The van der Waals surface area contributed by atoms with Crippen LogP contribution in [0.3, 0.4) is 0 Å². The van der Waals surface area contributed by atoms with Crippen molar-refractivity contribution in [1.82, 2.24) is 0 Å². The van der Waals surface area contributed by atoms with E-state index in [1.165, 1.54) is 5.57 Å². The van der Waals surface area contributed by atoms with E-state index in [1.54, 1.807) is 38.1 Å². The number of allylic oxidation sites excluding steroid dienone is 4. The SMILES string of the molecule is CC(C)=CCCC(C)=CC[C@@]12C[C@H]3C[C@H]4C(C)(C)[C@H](C(C)(C)O)C[C@]4(C1=O)C(=O)[C@@](C(=O)c1ccccc1)(C2=O)C3(C)C. The average Bonchev–Trinajstić information content (AvgIpc) is 3.07. The highest BCUT2D eigenvalue weighted by Gasteiger charge is 2.86. The minimum atomic E-state index is -1.96. The summed E-state index contributed by atoms with van der Waals surface area (Å²) < 4.78 is 0. The lowest BCUT2D eigenvalue weighted by atomic mass is 9.37. The van der Waals surface area contributed by atoms with Gasteiger partial charge in [0.05, 0.1) is 16.4 Å². The van der Waals surface area contributed by atoms with Crippen molar-refractivity contribution in [2.24, 2.45) is 44.8 Å². The summed E-state index contributed by atoms with van der Waals surface area (Å²) in [4.78, 5) is 60.8. The number of hydrogen-bond acceptors (Lipinski definition) is 5. The van der Waals surface area contributed by atoms with E-state index in [1.807, 2.05) is 32.9 Å². The van der Waals surface area contributed by atoms with Crippen LogP contribution >= 0.6 is 0 Å². The Morgan fingerprint density at radius 2 is 1.56 bits per heavy atom. The summed E-state index contributed by atoms with van der Waals surface area (Å²) in [5, 5.41) is 11.4. The van der Waals surface area contributed by atoms with Gasteiger partial charge in [0.2, 0.25) is 0 Å². The molecular weight excluding hydrogens is 536 g/mol. The van der Waals surface area contributed by atoms with Crippen LogP contribution in [0, 0.1) is 44.8 Å². The minimum absolute atomic E-state index is 0.163. The molecule has 4 bridgehead atoms. The van der Waals surface area contributed by atoms with Crippen molar-refractivity contribution < 1.29 is 24.3 Å². The molecule has 1 N–H and O–H groups in total. The Morgan fingerprint density at radius 1 is 0.930 bits per heavy atom. The van der Waals surface area contributed by atoms with Gasteiger partial charge in [0.25, 0.3) is 0 Å². The third-order valence-corrected chi connectivity index (χ3v) is 12.5. The normalized spacial score (nSPS) is 36.0. The van der Waals surface area contributed by atoms with Crippen molar-refractivity contribution in [3.05, 3.63) is 59.2 Å². The Labute approximate surface area is 257 Å². The molecular formula is C38H50O5. The maximum atomic E-state index is 15.5. The van der Waals surface area contributed by atoms with Crippen molar-refractivity contribution >= 4 is 23.1 Å². The lowest BCUT2D eigenvalue weighted by Gasteiger charge is -2.60. The van der Waals surface area contributed by atoms with E-state index in [0.717, 1.165) is 18.4 Å². The second kappa shape index (κ2) is 9.92. The summed E-state index contributed by atoms with van der Waals surface area (Å²) in [6.07, 6.45) is 7.19. The maximum Gasteiger partial charge on any atom is 0.184 e. The zero-order chi connectivity index (χ0) is 32.0. The predicted molar refractivity (Wildman–Crippen MR) is 168 cm³/mol. The topological polar surface area (TPSA) is 88.5 Å². The fourth-order valence-corrected chi connectivity index (χ4v) is 10.2. The van der Waals surface area contributed by atoms with Crippen LogP contribution in [0.25, 0.3) is 0 Å². The van der Waals surface area contributed by atoms with Gasteiger partial charge in [0.15, 0.2) is 28.5 Å². The zero-order valence-corrected chi connectivity index (χ0v) is 27.6. The van der Waals surface area contributed by atoms with Crippen LogP contribution in [0.15, 0.2) is 53.6 Å². The second-order valence-corrected chi connectivity index (χ2v) is 16.2. The highest BCUT2D eigenvalue weighted by atomic mass is 16.3. The maximum absolute atomic E-state index is 15.5. The van der Waals surface area contributed by atoms with Crippen molar-refractivity contribution in [3.8, 4) is 0 Å². The smallest absolute Gasteiger partial charge is 0.184 e. The molecule has 5 saturated carbocycles. The molecule has 5 heteroatoms. The van der Waals surface area contributed by atoms with Crippen LogP contribution in [0.4, 0.5) is 0 Å². The van der Waals surface area contributed by atoms with Crippen molar-refractivity contribution in [3.63, 3.8) is 0 Å². The van der Waals surface area contributed by atoms with Gasteiger partial charge in [-0.1, -0.05) is 81.3 Å². The van der Waals surface area contributed by atoms with Crippen LogP contribution in [-0.4, -0.2) is 33.8 Å². The van der Waals surface area contributed by atoms with Crippen LogP contribution < -0.4 is 0 Å². The molecule has 6 rings (SSSR count). The molecule has 5 aliphatic carbocycles. The molecule has 43 heavy (non-hydrogen) atoms. The highest BCUT2D eigenvalue weighted by molar-refractivity contribution is 6.42. The first-order chi connectivity index (χ1) is 19.8. The number of carbonyl (C=O) groups excluding carboxylic acids is 4. The van der Waals surface area contributed by atoms with E-state index in [9.17, 15) is 9.90 Å². The first-order valence-corrected chi connectivity index (χ1v) is 16.1. The van der Waals surface area contributed by atoms with Gasteiger partial charge >= 0.3 is 0 Å². The largest absolute Gasteiger partial charge is 0.390 e. The monoisotopic (exact) mass is 586 g/mol. The van der Waals surface area contributed by atoms with E-state index >= 15 is 14.4 Å². The van der Waals surface area contributed by atoms with E-state index in [2.05, 4.69) is 33.8 Å². The van der Waals surface area contributed by atoms with Gasteiger partial charge in [-0.3, -0.25) is 19.2 Å². The van der Waals surface area contributed by atoms with Crippen LogP contribution in [-0.2, 0) is 14.4 Å². The molecule has 1 spiro atoms.